The lowest BCUT2D eigenvalue weighted by atomic mass is 9.80. The Bertz CT molecular complexity index is 1490. The van der Waals surface area contributed by atoms with Crippen LogP contribution in [0.4, 0.5) is 0 Å². The molecule has 30 heavy (non-hydrogen) atoms. The van der Waals surface area contributed by atoms with Crippen LogP contribution in [-0.4, -0.2) is 0 Å². The maximum atomic E-state index is 6.55. The molecule has 1 nitrogen and oxygen atoms in total. The molecule has 0 spiro atoms. The molecule has 0 bridgehead atoms. The summed E-state index contributed by atoms with van der Waals surface area (Å²) >= 11 is 0. The topological polar surface area (TPSA) is 13.1 Å². The zero-order valence-electron chi connectivity index (χ0n) is 18.3. The van der Waals surface area contributed by atoms with Crippen LogP contribution >= 0.6 is 0 Å². The second-order valence-corrected chi connectivity index (χ2v) is 10.3. The predicted octanol–water partition coefficient (Wildman–Crippen LogP) is 8.34. The molecule has 1 heterocycles. The van der Waals surface area contributed by atoms with Crippen LogP contribution in [0, 0.1) is 0 Å². The Morgan fingerprint density at radius 3 is 2.33 bits per heavy atom. The molecule has 0 saturated carbocycles. The number of hydrogen-bond acceptors (Lipinski definition) is 1. The lowest BCUT2D eigenvalue weighted by molar-refractivity contribution is 0.590. The summed E-state index contributed by atoms with van der Waals surface area (Å²) in [5.74, 6) is 0. The van der Waals surface area contributed by atoms with Crippen molar-refractivity contribution in [3.05, 3.63) is 83.4 Å². The van der Waals surface area contributed by atoms with Crippen molar-refractivity contribution in [3.63, 3.8) is 0 Å². The minimum atomic E-state index is -0.0603. The summed E-state index contributed by atoms with van der Waals surface area (Å²) in [5, 5.41) is 4.94. The molecule has 0 saturated heterocycles. The van der Waals surface area contributed by atoms with E-state index in [4.69, 9.17) is 4.42 Å². The van der Waals surface area contributed by atoms with Gasteiger partial charge in [0.1, 0.15) is 11.2 Å². The molecule has 0 radical (unpaired) electrons. The number of rotatable bonds is 0. The molecule has 5 aromatic rings. The minimum Gasteiger partial charge on any atom is -0.455 e. The van der Waals surface area contributed by atoms with Gasteiger partial charge in [0.05, 0.1) is 0 Å². The van der Waals surface area contributed by atoms with E-state index in [0.717, 1.165) is 11.2 Å². The Hall–Kier alpha value is -3.06. The summed E-state index contributed by atoms with van der Waals surface area (Å²) in [6.45, 7) is 11.5. The first-order chi connectivity index (χ1) is 14.3. The lowest BCUT2D eigenvalue weighted by Crippen LogP contribution is -2.15. The molecule has 148 valence electrons. The van der Waals surface area contributed by atoms with Crippen LogP contribution in [0.25, 0.3) is 43.8 Å². The third-order valence-electron chi connectivity index (χ3n) is 7.00. The smallest absolute Gasteiger partial charge is 0.143 e. The van der Waals surface area contributed by atoms with Gasteiger partial charge in [0, 0.05) is 21.6 Å². The van der Waals surface area contributed by atoms with Crippen LogP contribution in [-0.2, 0) is 10.8 Å². The van der Waals surface area contributed by atoms with Crippen molar-refractivity contribution in [2.24, 2.45) is 0 Å². The summed E-state index contributed by atoms with van der Waals surface area (Å²) in [5.41, 5.74) is 8.85. The molecule has 0 fully saturated rings. The highest BCUT2D eigenvalue weighted by Crippen LogP contribution is 2.52. The van der Waals surface area contributed by atoms with Crippen molar-refractivity contribution in [1.82, 2.24) is 0 Å². The van der Waals surface area contributed by atoms with Crippen LogP contribution in [0.1, 0.15) is 51.3 Å². The van der Waals surface area contributed by atoms with E-state index in [1.165, 1.54) is 49.4 Å². The molecule has 0 unspecified atom stereocenters. The fourth-order valence-corrected chi connectivity index (χ4v) is 5.38. The summed E-state index contributed by atoms with van der Waals surface area (Å²) in [7, 11) is 0. The Kier molecular flexibility index (Phi) is 3.28. The standard InChI is InChI=1S/C29H26O/c1-28(2,3)18-12-15-24-22(16-18)21-14-11-17-10-13-20-19-8-6-7-9-23(19)29(4,5)26(20)25(17)27(21)30-24/h6-16H,1-5H3. The third kappa shape index (κ3) is 2.18. The summed E-state index contributed by atoms with van der Waals surface area (Å²) < 4.78 is 6.55. The van der Waals surface area contributed by atoms with E-state index in [2.05, 4.69) is 101 Å². The van der Waals surface area contributed by atoms with E-state index in [1.54, 1.807) is 0 Å². The van der Waals surface area contributed by atoms with Gasteiger partial charge in [0.2, 0.25) is 0 Å². The molecule has 0 atom stereocenters. The van der Waals surface area contributed by atoms with Gasteiger partial charge in [0.25, 0.3) is 0 Å². The molecule has 0 amide bonds. The van der Waals surface area contributed by atoms with Crippen molar-refractivity contribution < 1.29 is 4.42 Å². The quantitative estimate of drug-likeness (QED) is 0.259. The fraction of sp³-hybridized carbons (Fsp3) is 0.241. The Labute approximate surface area is 177 Å². The molecule has 1 heteroatoms. The molecule has 6 rings (SSSR count). The van der Waals surface area contributed by atoms with Crippen molar-refractivity contribution in [3.8, 4) is 11.1 Å². The average Bonchev–Trinajstić information content (AvgIpc) is 3.20. The number of hydrogen-bond donors (Lipinski definition) is 0. The normalized spacial score (nSPS) is 15.1. The Morgan fingerprint density at radius 2 is 1.53 bits per heavy atom. The predicted molar refractivity (Wildman–Crippen MR) is 127 cm³/mol. The van der Waals surface area contributed by atoms with Crippen molar-refractivity contribution >= 4 is 32.7 Å². The minimum absolute atomic E-state index is 0.0603. The van der Waals surface area contributed by atoms with Crippen LogP contribution in [0.5, 0.6) is 0 Å². The van der Waals surface area contributed by atoms with Crippen LogP contribution in [0.2, 0.25) is 0 Å². The van der Waals surface area contributed by atoms with E-state index in [1.807, 2.05) is 0 Å². The van der Waals surface area contributed by atoms with Gasteiger partial charge < -0.3 is 4.42 Å². The maximum absolute atomic E-state index is 6.55. The Balaban J connectivity index is 1.77. The highest BCUT2D eigenvalue weighted by Gasteiger charge is 2.37. The first-order valence-electron chi connectivity index (χ1n) is 10.8. The first kappa shape index (κ1) is 17.8. The van der Waals surface area contributed by atoms with Crippen LogP contribution in [0.3, 0.4) is 0 Å². The second-order valence-electron chi connectivity index (χ2n) is 10.3. The third-order valence-corrected chi connectivity index (χ3v) is 7.00. The highest BCUT2D eigenvalue weighted by molar-refractivity contribution is 6.18. The number of fused-ring (bicyclic) bond motifs is 9. The summed E-state index contributed by atoms with van der Waals surface area (Å²) in [6, 6.07) is 24.5. The number of furan rings is 1. The van der Waals surface area contributed by atoms with Crippen LogP contribution < -0.4 is 0 Å². The summed E-state index contributed by atoms with van der Waals surface area (Å²) in [4.78, 5) is 0. The molecule has 0 aliphatic heterocycles. The monoisotopic (exact) mass is 390 g/mol. The van der Waals surface area contributed by atoms with E-state index in [-0.39, 0.29) is 10.8 Å². The summed E-state index contributed by atoms with van der Waals surface area (Å²) in [6.07, 6.45) is 0. The van der Waals surface area contributed by atoms with Gasteiger partial charge in [-0.1, -0.05) is 83.1 Å². The molecule has 4 aromatic carbocycles. The van der Waals surface area contributed by atoms with Gasteiger partial charge in [-0.05, 0) is 56.8 Å². The average molecular weight is 391 g/mol. The molecule has 1 aliphatic carbocycles. The lowest BCUT2D eigenvalue weighted by Gasteiger charge is -2.23. The van der Waals surface area contributed by atoms with Crippen LogP contribution in [0.15, 0.2) is 71.1 Å². The van der Waals surface area contributed by atoms with E-state index < -0.39 is 0 Å². The fourth-order valence-electron chi connectivity index (χ4n) is 5.38. The van der Waals surface area contributed by atoms with Crippen molar-refractivity contribution in [2.45, 2.75) is 45.4 Å². The maximum Gasteiger partial charge on any atom is 0.143 e. The molecular formula is C29H26O. The van der Waals surface area contributed by atoms with E-state index in [9.17, 15) is 0 Å². The molecule has 1 aromatic heterocycles. The van der Waals surface area contributed by atoms with Gasteiger partial charge in [-0.3, -0.25) is 0 Å². The zero-order chi connectivity index (χ0) is 20.8. The first-order valence-corrected chi connectivity index (χ1v) is 10.8. The van der Waals surface area contributed by atoms with Gasteiger partial charge in [0.15, 0.2) is 0 Å². The second kappa shape index (κ2) is 5.55. The van der Waals surface area contributed by atoms with E-state index in [0.29, 0.717) is 0 Å². The highest BCUT2D eigenvalue weighted by atomic mass is 16.3. The van der Waals surface area contributed by atoms with Crippen molar-refractivity contribution in [1.29, 1.82) is 0 Å². The molecule has 1 aliphatic rings. The molecule has 0 N–H and O–H groups in total. The van der Waals surface area contributed by atoms with Gasteiger partial charge in [-0.15, -0.1) is 0 Å². The van der Waals surface area contributed by atoms with Crippen molar-refractivity contribution in [2.75, 3.05) is 0 Å². The van der Waals surface area contributed by atoms with Gasteiger partial charge in [-0.25, -0.2) is 0 Å². The van der Waals surface area contributed by atoms with E-state index >= 15 is 0 Å². The zero-order valence-corrected chi connectivity index (χ0v) is 18.3. The molecular weight excluding hydrogens is 364 g/mol. The van der Waals surface area contributed by atoms with Gasteiger partial charge >= 0.3 is 0 Å². The Morgan fingerprint density at radius 1 is 0.767 bits per heavy atom. The largest absolute Gasteiger partial charge is 0.455 e. The van der Waals surface area contributed by atoms with Gasteiger partial charge in [-0.2, -0.15) is 0 Å². The number of benzene rings is 4. The SMILES string of the molecule is CC(C)(C)c1ccc2oc3c(ccc4ccc5c(c43)C(C)(C)c3ccccc3-5)c2c1.